The lowest BCUT2D eigenvalue weighted by atomic mass is 10.1. The number of hydrogen-bond acceptors (Lipinski definition) is 6. The van der Waals surface area contributed by atoms with Crippen molar-refractivity contribution in [3.8, 4) is 17.2 Å². The van der Waals surface area contributed by atoms with Crippen molar-refractivity contribution in [2.45, 2.75) is 12.7 Å². The molecule has 3 N–H and O–H groups in total. The Kier molecular flexibility index (Phi) is 4.75. The van der Waals surface area contributed by atoms with Crippen molar-refractivity contribution in [2.75, 3.05) is 14.2 Å². The van der Waals surface area contributed by atoms with Gasteiger partial charge in [0, 0.05) is 10.9 Å². The van der Waals surface area contributed by atoms with Gasteiger partial charge in [-0.25, -0.2) is 9.97 Å². The van der Waals surface area contributed by atoms with Crippen molar-refractivity contribution in [1.29, 1.82) is 0 Å². The summed E-state index contributed by atoms with van der Waals surface area (Å²) < 4.78 is 49.8. The van der Waals surface area contributed by atoms with Crippen molar-refractivity contribution in [3.05, 3.63) is 41.4 Å². The minimum atomic E-state index is -4.60. The molecule has 0 bridgehead atoms. The van der Waals surface area contributed by atoms with Crippen LogP contribution >= 0.6 is 0 Å². The van der Waals surface area contributed by atoms with Crippen LogP contribution in [0.1, 0.15) is 21.9 Å². The molecule has 0 saturated carbocycles. The summed E-state index contributed by atoms with van der Waals surface area (Å²) in [7, 11) is 2.98. The van der Waals surface area contributed by atoms with E-state index in [9.17, 15) is 18.0 Å². The molecule has 0 aliphatic rings. The first-order valence-electron chi connectivity index (χ1n) is 7.75. The van der Waals surface area contributed by atoms with Crippen molar-refractivity contribution in [2.24, 2.45) is 5.73 Å². The van der Waals surface area contributed by atoms with E-state index in [0.29, 0.717) is 10.9 Å². The Labute approximate surface area is 151 Å². The molecule has 0 unspecified atom stereocenters. The number of amides is 1. The number of methoxy groups -OCH3 is 1. The average molecular weight is 380 g/mol. The van der Waals surface area contributed by atoms with E-state index in [2.05, 4.69) is 15.3 Å². The summed E-state index contributed by atoms with van der Waals surface area (Å²) in [5.41, 5.74) is 4.57. The molecule has 1 aromatic carbocycles. The molecule has 0 radical (unpaired) electrons. The molecule has 142 valence electrons. The van der Waals surface area contributed by atoms with Gasteiger partial charge in [-0.3, -0.25) is 4.79 Å². The van der Waals surface area contributed by atoms with Gasteiger partial charge in [-0.1, -0.05) is 0 Å². The molecule has 7 nitrogen and oxygen atoms in total. The normalized spacial score (nSPS) is 11.7. The van der Waals surface area contributed by atoms with Crippen LogP contribution in [-0.4, -0.2) is 30.0 Å². The Balaban J connectivity index is 2.24. The quantitative estimate of drug-likeness (QED) is 0.706. The summed E-state index contributed by atoms with van der Waals surface area (Å²) in [4.78, 5) is 19.4. The van der Waals surface area contributed by atoms with Crippen LogP contribution in [-0.2, 0) is 12.7 Å². The molecule has 0 spiro atoms. The topological polar surface area (TPSA) is 103 Å². The van der Waals surface area contributed by atoms with E-state index in [0.717, 1.165) is 6.07 Å². The molecule has 27 heavy (non-hydrogen) atoms. The second-order valence-corrected chi connectivity index (χ2v) is 5.59. The average Bonchev–Trinajstić information content (AvgIpc) is 3.04. The first-order valence-corrected chi connectivity index (χ1v) is 7.75. The zero-order valence-corrected chi connectivity index (χ0v) is 14.3. The molecule has 10 heteroatoms. The fourth-order valence-corrected chi connectivity index (χ4v) is 2.64. The van der Waals surface area contributed by atoms with Crippen LogP contribution in [0.2, 0.25) is 0 Å². The highest BCUT2D eigenvalue weighted by atomic mass is 19.4. The number of nitrogens with one attached hydrogen (secondary N) is 1. The molecule has 3 rings (SSSR count). The molecule has 0 fully saturated rings. The number of aromatic nitrogens is 2. The molecule has 0 aliphatic carbocycles. The second kappa shape index (κ2) is 6.88. The Morgan fingerprint density at radius 2 is 2.00 bits per heavy atom. The smallest absolute Gasteiger partial charge is 0.433 e. The Hall–Kier alpha value is -3.14. The molecular weight excluding hydrogens is 365 g/mol. The van der Waals surface area contributed by atoms with E-state index in [1.165, 1.54) is 19.2 Å². The Bertz CT molecular complexity index is 1010. The summed E-state index contributed by atoms with van der Waals surface area (Å²) in [6.45, 7) is 0.204. The number of oxazole rings is 1. The number of carbonyl (C=O) groups is 1. The maximum absolute atomic E-state index is 13.0. The standard InChI is InChI=1S/C17H15F3N4O3/c1-22-7-11-14(15(21)25)24-16(27-11)9-3-5-10(26-2)13-8(9)4-6-12(23-13)17(18,19)20/h3-6,22H,7H2,1-2H3,(H2,21,25). The largest absolute Gasteiger partial charge is 0.494 e. The summed E-state index contributed by atoms with van der Waals surface area (Å²) in [5.74, 6) is -0.338. The van der Waals surface area contributed by atoms with Crippen LogP contribution in [0.3, 0.4) is 0 Å². The Morgan fingerprint density at radius 3 is 2.59 bits per heavy atom. The predicted molar refractivity (Wildman–Crippen MR) is 90.1 cm³/mol. The van der Waals surface area contributed by atoms with Gasteiger partial charge < -0.3 is 20.2 Å². The second-order valence-electron chi connectivity index (χ2n) is 5.59. The summed E-state index contributed by atoms with van der Waals surface area (Å²) in [6, 6.07) is 5.14. The minimum absolute atomic E-state index is 0.00110. The van der Waals surface area contributed by atoms with E-state index in [1.807, 2.05) is 0 Å². The maximum atomic E-state index is 13.0. The van der Waals surface area contributed by atoms with Gasteiger partial charge in [0.15, 0.2) is 11.5 Å². The van der Waals surface area contributed by atoms with Crippen molar-refractivity contribution in [3.63, 3.8) is 0 Å². The van der Waals surface area contributed by atoms with Gasteiger partial charge in [0.05, 0.1) is 13.7 Å². The number of halogens is 3. The molecular formula is C17H15F3N4O3. The van der Waals surface area contributed by atoms with Crippen LogP contribution in [0.4, 0.5) is 13.2 Å². The number of ether oxygens (including phenoxy) is 1. The minimum Gasteiger partial charge on any atom is -0.494 e. The number of hydrogen-bond donors (Lipinski definition) is 2. The third-order valence-corrected chi connectivity index (χ3v) is 3.83. The number of primary amides is 1. The number of alkyl halides is 3. The SMILES string of the molecule is CNCc1oc(-c2ccc(OC)c3nc(C(F)(F)F)ccc23)nc1C(N)=O. The third-order valence-electron chi connectivity index (χ3n) is 3.83. The summed E-state index contributed by atoms with van der Waals surface area (Å²) in [6.07, 6.45) is -4.60. The molecule has 2 heterocycles. The van der Waals surface area contributed by atoms with Crippen LogP contribution in [0, 0.1) is 0 Å². The van der Waals surface area contributed by atoms with E-state index in [4.69, 9.17) is 14.9 Å². The first-order chi connectivity index (χ1) is 12.8. The van der Waals surface area contributed by atoms with Crippen molar-refractivity contribution in [1.82, 2.24) is 15.3 Å². The van der Waals surface area contributed by atoms with Gasteiger partial charge in [-0.05, 0) is 31.3 Å². The van der Waals surface area contributed by atoms with Crippen LogP contribution in [0.5, 0.6) is 5.75 Å². The molecule has 3 aromatic rings. The van der Waals surface area contributed by atoms with Crippen LogP contribution in [0.15, 0.2) is 28.7 Å². The number of carbonyl (C=O) groups excluding carboxylic acids is 1. The maximum Gasteiger partial charge on any atom is 0.433 e. The van der Waals surface area contributed by atoms with Gasteiger partial charge >= 0.3 is 6.18 Å². The van der Waals surface area contributed by atoms with Gasteiger partial charge in [0.1, 0.15) is 17.0 Å². The van der Waals surface area contributed by atoms with Crippen LogP contribution < -0.4 is 15.8 Å². The molecule has 0 atom stereocenters. The third kappa shape index (κ3) is 3.43. The van der Waals surface area contributed by atoms with Gasteiger partial charge in [0.25, 0.3) is 5.91 Å². The number of nitrogens with two attached hydrogens (primary N) is 1. The first kappa shape index (κ1) is 18.6. The molecule has 0 saturated heterocycles. The van der Waals surface area contributed by atoms with E-state index in [-0.39, 0.29) is 35.2 Å². The highest BCUT2D eigenvalue weighted by molar-refractivity contribution is 5.97. The van der Waals surface area contributed by atoms with Gasteiger partial charge in [0.2, 0.25) is 5.89 Å². The number of nitrogens with zero attached hydrogens (tertiary/aromatic N) is 2. The summed E-state index contributed by atoms with van der Waals surface area (Å²) in [5, 5.41) is 3.15. The lowest BCUT2D eigenvalue weighted by molar-refractivity contribution is -0.140. The zero-order valence-electron chi connectivity index (χ0n) is 14.3. The lowest BCUT2D eigenvalue weighted by Gasteiger charge is -2.11. The number of rotatable bonds is 5. The van der Waals surface area contributed by atoms with E-state index < -0.39 is 17.8 Å². The highest BCUT2D eigenvalue weighted by Gasteiger charge is 2.33. The van der Waals surface area contributed by atoms with Gasteiger partial charge in [-0.15, -0.1) is 0 Å². The highest BCUT2D eigenvalue weighted by Crippen LogP contribution is 2.36. The molecule has 0 aliphatic heterocycles. The fraction of sp³-hybridized carbons (Fsp3) is 0.235. The van der Waals surface area contributed by atoms with E-state index in [1.54, 1.807) is 13.1 Å². The molecule has 1 amide bonds. The lowest BCUT2D eigenvalue weighted by Crippen LogP contribution is -2.16. The number of fused-ring (bicyclic) bond motifs is 1. The van der Waals surface area contributed by atoms with Crippen molar-refractivity contribution >= 4 is 16.8 Å². The zero-order chi connectivity index (χ0) is 19.8. The van der Waals surface area contributed by atoms with Crippen LogP contribution in [0.25, 0.3) is 22.4 Å². The van der Waals surface area contributed by atoms with E-state index >= 15 is 0 Å². The molecule has 2 aromatic heterocycles. The Morgan fingerprint density at radius 1 is 1.26 bits per heavy atom. The summed E-state index contributed by atoms with van der Waals surface area (Å²) >= 11 is 0. The van der Waals surface area contributed by atoms with Crippen molar-refractivity contribution < 1.29 is 27.1 Å². The predicted octanol–water partition coefficient (Wildman–Crippen LogP) is 2.74. The fourth-order valence-electron chi connectivity index (χ4n) is 2.64. The van der Waals surface area contributed by atoms with Gasteiger partial charge in [-0.2, -0.15) is 13.2 Å². The number of benzene rings is 1. The number of pyridine rings is 1. The monoisotopic (exact) mass is 380 g/mol.